The van der Waals surface area contributed by atoms with Crippen molar-refractivity contribution < 1.29 is 22.7 Å². The third kappa shape index (κ3) is 8.47. The number of hydrogen-bond acceptors (Lipinski definition) is 5. The van der Waals surface area contributed by atoms with Gasteiger partial charge in [-0.3, -0.25) is 13.9 Å². The molecule has 3 rings (SSSR count). The van der Waals surface area contributed by atoms with E-state index in [1.807, 2.05) is 38.1 Å². The Morgan fingerprint density at radius 3 is 2.41 bits per heavy atom. The maximum absolute atomic E-state index is 14.1. The lowest BCUT2D eigenvalue weighted by atomic mass is 10.1. The molecule has 1 N–H and O–H groups in total. The number of ether oxygens (including phenoxy) is 1. The highest BCUT2D eigenvalue weighted by molar-refractivity contribution is 9.10. The fourth-order valence-corrected chi connectivity index (χ4v) is 6.19. The van der Waals surface area contributed by atoms with E-state index in [9.17, 15) is 18.0 Å². The van der Waals surface area contributed by atoms with Gasteiger partial charge in [-0.25, -0.2) is 8.42 Å². The standard InChI is InChI=1S/C30H35BrClN3O5S/c1-5-6-16-33-30(37)22(3)34(19-23-8-7-9-24(31)17-23)29(36)20-35(27-18-25(32)12-15-28(27)40-4)41(38,39)26-13-10-21(2)11-14-26/h7-15,17-18,22H,5-6,16,19-20H2,1-4H3,(H,33,37). The highest BCUT2D eigenvalue weighted by Crippen LogP contribution is 2.35. The Morgan fingerprint density at radius 1 is 1.07 bits per heavy atom. The van der Waals surface area contributed by atoms with Crippen LogP contribution in [0.5, 0.6) is 5.75 Å². The zero-order chi connectivity index (χ0) is 30.2. The van der Waals surface area contributed by atoms with Crippen molar-refractivity contribution in [1.29, 1.82) is 0 Å². The average Bonchev–Trinajstić information content (AvgIpc) is 2.94. The Morgan fingerprint density at radius 2 is 1.78 bits per heavy atom. The summed E-state index contributed by atoms with van der Waals surface area (Å²) in [6.07, 6.45) is 1.71. The van der Waals surface area contributed by atoms with Gasteiger partial charge >= 0.3 is 0 Å². The Bertz CT molecular complexity index is 1470. The summed E-state index contributed by atoms with van der Waals surface area (Å²) in [4.78, 5) is 28.5. The summed E-state index contributed by atoms with van der Waals surface area (Å²) in [5, 5.41) is 3.15. The van der Waals surface area contributed by atoms with Crippen LogP contribution in [0.2, 0.25) is 5.02 Å². The molecule has 1 unspecified atom stereocenters. The van der Waals surface area contributed by atoms with Crippen LogP contribution in [0.3, 0.4) is 0 Å². The van der Waals surface area contributed by atoms with Crippen LogP contribution in [-0.4, -0.2) is 51.4 Å². The summed E-state index contributed by atoms with van der Waals surface area (Å²) in [6, 6.07) is 17.4. The molecule has 0 radical (unpaired) electrons. The minimum Gasteiger partial charge on any atom is -0.495 e. The molecule has 0 bridgehead atoms. The van der Waals surface area contributed by atoms with Crippen molar-refractivity contribution in [3.63, 3.8) is 0 Å². The zero-order valence-electron chi connectivity index (χ0n) is 23.6. The summed E-state index contributed by atoms with van der Waals surface area (Å²) in [5.41, 5.74) is 1.76. The number of nitrogens with one attached hydrogen (secondary N) is 1. The summed E-state index contributed by atoms with van der Waals surface area (Å²) in [6.45, 7) is 5.48. The number of methoxy groups -OCH3 is 1. The molecule has 0 spiro atoms. The van der Waals surface area contributed by atoms with Gasteiger partial charge in [0.15, 0.2) is 0 Å². The lowest BCUT2D eigenvalue weighted by Gasteiger charge is -2.32. The summed E-state index contributed by atoms with van der Waals surface area (Å²) < 4.78 is 35.3. The Kier molecular flexibility index (Phi) is 11.6. The highest BCUT2D eigenvalue weighted by Gasteiger charge is 2.34. The van der Waals surface area contributed by atoms with E-state index in [1.165, 1.54) is 30.2 Å². The number of rotatable bonds is 13. The molecule has 3 aromatic rings. The van der Waals surface area contributed by atoms with Gasteiger partial charge in [-0.05, 0) is 68.3 Å². The molecule has 220 valence electrons. The van der Waals surface area contributed by atoms with Crippen LogP contribution in [0, 0.1) is 6.92 Å². The first kappa shape index (κ1) is 32.4. The number of aryl methyl sites for hydroxylation is 1. The molecule has 0 aromatic heterocycles. The first-order valence-electron chi connectivity index (χ1n) is 13.2. The molecule has 0 aliphatic rings. The van der Waals surface area contributed by atoms with Crippen LogP contribution in [0.15, 0.2) is 76.1 Å². The van der Waals surface area contributed by atoms with Gasteiger partial charge in [0.2, 0.25) is 11.8 Å². The fourth-order valence-electron chi connectivity index (χ4n) is 4.16. The number of benzene rings is 3. The molecule has 0 aliphatic carbocycles. The monoisotopic (exact) mass is 663 g/mol. The molecular formula is C30H35BrClN3O5S. The van der Waals surface area contributed by atoms with E-state index in [-0.39, 0.29) is 33.8 Å². The number of unbranched alkanes of at least 4 members (excludes halogenated alkanes) is 1. The lowest BCUT2D eigenvalue weighted by molar-refractivity contribution is -0.139. The van der Waals surface area contributed by atoms with Crippen molar-refractivity contribution in [3.8, 4) is 5.75 Å². The molecule has 0 heterocycles. The molecule has 0 saturated heterocycles. The Balaban J connectivity index is 2.07. The predicted octanol–water partition coefficient (Wildman–Crippen LogP) is 5.95. The minimum atomic E-state index is -4.25. The highest BCUT2D eigenvalue weighted by atomic mass is 79.9. The molecule has 8 nitrogen and oxygen atoms in total. The Hall–Kier alpha value is -3.08. The fraction of sp³-hybridized carbons (Fsp3) is 0.333. The number of amides is 2. The van der Waals surface area contributed by atoms with Crippen molar-refractivity contribution >= 4 is 55.1 Å². The maximum atomic E-state index is 14.1. The topological polar surface area (TPSA) is 96.0 Å². The summed E-state index contributed by atoms with van der Waals surface area (Å²) in [5.74, 6) is -0.669. The number of sulfonamides is 1. The van der Waals surface area contributed by atoms with Gasteiger partial charge in [0.05, 0.1) is 17.7 Å². The summed E-state index contributed by atoms with van der Waals surface area (Å²) in [7, 11) is -2.84. The molecule has 2 amide bonds. The number of carbonyl (C=O) groups excluding carboxylic acids is 2. The Labute approximate surface area is 255 Å². The molecular weight excluding hydrogens is 630 g/mol. The molecule has 0 fully saturated rings. The van der Waals surface area contributed by atoms with Crippen molar-refractivity contribution in [1.82, 2.24) is 10.2 Å². The quantitative estimate of drug-likeness (QED) is 0.228. The van der Waals surface area contributed by atoms with Crippen LogP contribution >= 0.6 is 27.5 Å². The van der Waals surface area contributed by atoms with Crippen LogP contribution in [0.4, 0.5) is 5.69 Å². The van der Waals surface area contributed by atoms with Gasteiger partial charge in [0, 0.05) is 22.6 Å². The second-order valence-electron chi connectivity index (χ2n) is 9.61. The third-order valence-electron chi connectivity index (χ3n) is 6.54. The van der Waals surface area contributed by atoms with Gasteiger partial charge in [-0.1, -0.05) is 70.7 Å². The van der Waals surface area contributed by atoms with Crippen molar-refractivity contribution in [2.75, 3.05) is 24.5 Å². The normalized spacial score (nSPS) is 12.0. The van der Waals surface area contributed by atoms with E-state index in [0.717, 1.165) is 32.7 Å². The van der Waals surface area contributed by atoms with Gasteiger partial charge in [0.25, 0.3) is 10.0 Å². The molecule has 1 atom stereocenters. The van der Waals surface area contributed by atoms with Crippen molar-refractivity contribution in [2.24, 2.45) is 0 Å². The van der Waals surface area contributed by atoms with Crippen molar-refractivity contribution in [3.05, 3.63) is 87.4 Å². The van der Waals surface area contributed by atoms with Gasteiger partial charge in [-0.2, -0.15) is 0 Å². The second-order valence-corrected chi connectivity index (χ2v) is 12.8. The summed E-state index contributed by atoms with van der Waals surface area (Å²) >= 11 is 9.73. The SMILES string of the molecule is CCCCNC(=O)C(C)N(Cc1cccc(Br)c1)C(=O)CN(c1cc(Cl)ccc1OC)S(=O)(=O)c1ccc(C)cc1. The van der Waals surface area contributed by atoms with Crippen molar-refractivity contribution in [2.45, 2.75) is 51.1 Å². The largest absolute Gasteiger partial charge is 0.495 e. The first-order valence-corrected chi connectivity index (χ1v) is 15.8. The number of carbonyl (C=O) groups is 2. The van der Waals surface area contributed by atoms with Crippen LogP contribution in [0.25, 0.3) is 0 Å². The van der Waals surface area contributed by atoms with E-state index in [4.69, 9.17) is 16.3 Å². The van der Waals surface area contributed by atoms with Gasteiger partial charge in [0.1, 0.15) is 18.3 Å². The van der Waals surface area contributed by atoms with Gasteiger partial charge < -0.3 is 15.0 Å². The lowest BCUT2D eigenvalue weighted by Crippen LogP contribution is -2.51. The van der Waals surface area contributed by atoms with Crippen LogP contribution in [-0.2, 0) is 26.2 Å². The van der Waals surface area contributed by atoms with E-state index < -0.39 is 28.5 Å². The number of nitrogens with zero attached hydrogens (tertiary/aromatic N) is 2. The number of anilines is 1. The van der Waals surface area contributed by atoms with E-state index in [2.05, 4.69) is 21.2 Å². The molecule has 0 aliphatic heterocycles. The minimum absolute atomic E-state index is 0.00169. The predicted molar refractivity (Wildman–Crippen MR) is 166 cm³/mol. The van der Waals surface area contributed by atoms with Crippen LogP contribution < -0.4 is 14.4 Å². The number of hydrogen-bond donors (Lipinski definition) is 1. The average molecular weight is 665 g/mol. The van der Waals surface area contributed by atoms with E-state index in [1.54, 1.807) is 31.2 Å². The molecule has 11 heteroatoms. The molecule has 3 aromatic carbocycles. The smallest absolute Gasteiger partial charge is 0.264 e. The van der Waals surface area contributed by atoms with Crippen LogP contribution in [0.1, 0.15) is 37.8 Å². The van der Waals surface area contributed by atoms with E-state index >= 15 is 0 Å². The maximum Gasteiger partial charge on any atom is 0.264 e. The zero-order valence-corrected chi connectivity index (χ0v) is 26.7. The molecule has 0 saturated carbocycles. The first-order chi connectivity index (χ1) is 19.5. The van der Waals surface area contributed by atoms with E-state index in [0.29, 0.717) is 6.54 Å². The second kappa shape index (κ2) is 14.7. The van der Waals surface area contributed by atoms with Gasteiger partial charge in [-0.15, -0.1) is 0 Å². The third-order valence-corrected chi connectivity index (χ3v) is 9.04. The number of halogens is 2. The molecule has 41 heavy (non-hydrogen) atoms.